The normalized spacial score (nSPS) is 23.3. The zero-order valence-electron chi connectivity index (χ0n) is 56.1. The van der Waals surface area contributed by atoms with Crippen molar-refractivity contribution in [1.29, 1.82) is 0 Å². The second kappa shape index (κ2) is 43.5. The molecule has 10 amide bonds. The van der Waals surface area contributed by atoms with Crippen LogP contribution in [0.5, 0.6) is 0 Å². The van der Waals surface area contributed by atoms with Gasteiger partial charge in [-0.2, -0.15) is 11.8 Å². The van der Waals surface area contributed by atoms with Gasteiger partial charge in [0, 0.05) is 30.9 Å². The van der Waals surface area contributed by atoms with Crippen LogP contribution in [0.15, 0.2) is 11.8 Å². The van der Waals surface area contributed by atoms with Gasteiger partial charge in [-0.25, -0.2) is 0 Å². The topological polar surface area (TPSA) is 440 Å². The number of rotatable bonds is 40. The first kappa shape index (κ1) is 82.6. The maximum atomic E-state index is 15.1. The van der Waals surface area contributed by atoms with Gasteiger partial charge in [-0.1, -0.05) is 110 Å². The van der Waals surface area contributed by atoms with E-state index in [1.165, 1.54) is 26.8 Å². The molecule has 28 heteroatoms. The molecule has 2 aliphatic rings. The van der Waals surface area contributed by atoms with Crippen molar-refractivity contribution in [2.24, 2.45) is 23.3 Å². The molecule has 9 unspecified atom stereocenters. The van der Waals surface area contributed by atoms with Crippen LogP contribution in [0.4, 0.5) is 0 Å². The number of carbonyl (C=O) groups excluding carboxylic acids is 10. The highest BCUT2D eigenvalue weighted by molar-refractivity contribution is 7.99. The summed E-state index contributed by atoms with van der Waals surface area (Å²) in [7, 11) is 6.36. The van der Waals surface area contributed by atoms with E-state index in [-0.39, 0.29) is 49.4 Å². The van der Waals surface area contributed by atoms with Gasteiger partial charge in [-0.15, -0.1) is 0 Å². The molecule has 1 spiro atoms. The lowest BCUT2D eigenvalue weighted by Gasteiger charge is -2.38. The Labute approximate surface area is 549 Å². The van der Waals surface area contributed by atoms with Gasteiger partial charge in [0.2, 0.25) is 53.2 Å². The summed E-state index contributed by atoms with van der Waals surface area (Å²) in [6.45, 7) is 8.70. The number of aliphatic hydroxyl groups is 6. The summed E-state index contributed by atoms with van der Waals surface area (Å²) >= 11 is 1.03. The summed E-state index contributed by atoms with van der Waals surface area (Å²) in [6.07, 6.45) is 9.92. The third-order valence-electron chi connectivity index (χ3n) is 17.1. The third-order valence-corrected chi connectivity index (χ3v) is 18.3. The standard InChI is InChI=1S/C64H115N11O16S/c1-9-40(3)55-62(90)74-64(39-92-32-30-67-58(86)50(37-54(66)83)70-60(88)49(72-63(64)91)28-29-53(65)82)38-51(61(89)69-48(10-2)59(87)73-55)71-57(85)42(5)68-56(84)41(4)52(81)27-22-20-18-16-14-12-11-13-15-17-19-21-25-43(76)33-45(78)35-47(80)36-46(79)34-44(77)26-23-24-31-75(6,7)8/h10,40-47,49-52,55,76-81H,9,11-39H2,1-8H3,(H11-,65,66,67,68,69,70,71,72,73,74,82,83,84,85,86,87,88,89,90,91)/p+1/b48-10+/t40-,41?,42-,43?,44?,45?,46?,47?,49-,50-,51?,52?,55-,64?/m0/s1. The number of allylic oxidation sites excluding steroid dienone is 1. The van der Waals surface area contributed by atoms with Gasteiger partial charge in [0.1, 0.15) is 41.4 Å². The number of aliphatic hydroxyl groups excluding tert-OH is 6. The molecule has 0 aliphatic carbocycles. The predicted octanol–water partition coefficient (Wildman–Crippen LogP) is 0.459. The van der Waals surface area contributed by atoms with Gasteiger partial charge >= 0.3 is 0 Å². The zero-order chi connectivity index (χ0) is 69.1. The lowest BCUT2D eigenvalue weighted by molar-refractivity contribution is -0.870. The van der Waals surface area contributed by atoms with E-state index in [2.05, 4.69) is 63.7 Å². The Kier molecular flexibility index (Phi) is 39.0. The first-order chi connectivity index (χ1) is 43.3. The molecule has 0 saturated carbocycles. The summed E-state index contributed by atoms with van der Waals surface area (Å²) in [5.74, 6) is -10.8. The van der Waals surface area contributed by atoms with E-state index in [4.69, 9.17) is 11.5 Å². The molecular weight excluding hydrogens is 1210 g/mol. The van der Waals surface area contributed by atoms with Gasteiger partial charge in [-0.05, 0) is 84.0 Å². The fraction of sp³-hybridized carbons (Fsp3) is 0.812. The first-order valence-corrected chi connectivity index (χ1v) is 34.6. The molecule has 2 heterocycles. The second-order valence-corrected chi connectivity index (χ2v) is 27.7. The molecule has 2 aliphatic heterocycles. The summed E-state index contributed by atoms with van der Waals surface area (Å²) in [5.41, 5.74) is 8.32. The SMILES string of the molecule is C/C=C1/NC(=O)C(NC(=O)[C@H](C)NC(=O)C(C)C(O)CCCCCCCCCCCCCCC(O)CC(O)CC(O)CC(O)CC(O)CCCC[N+](C)(C)C)CC2(CSCCNC(=O)[C@H](CC(N)=O)NC(=O)[C@H](CCC(N)=O)NC2=O)NC(=O)[C@H]([C@@H](C)CC)NC1=O. The Morgan fingerprint density at radius 3 is 1.68 bits per heavy atom. The molecule has 2 fully saturated rings. The molecule has 27 nitrogen and oxygen atoms in total. The van der Waals surface area contributed by atoms with Crippen LogP contribution in [0.25, 0.3) is 0 Å². The van der Waals surface area contributed by atoms with Crippen LogP contribution in [0, 0.1) is 11.8 Å². The maximum absolute atomic E-state index is 15.1. The zero-order valence-corrected chi connectivity index (χ0v) is 56.9. The number of amides is 10. The lowest BCUT2D eigenvalue weighted by Crippen LogP contribution is -2.68. The van der Waals surface area contributed by atoms with E-state index in [1.54, 1.807) is 13.8 Å². The highest BCUT2D eigenvalue weighted by Gasteiger charge is 2.48. The van der Waals surface area contributed by atoms with Crippen molar-refractivity contribution in [3.63, 3.8) is 0 Å². The number of hydrogen-bond acceptors (Lipinski definition) is 17. The van der Waals surface area contributed by atoms with Crippen molar-refractivity contribution in [2.45, 2.75) is 274 Å². The first-order valence-electron chi connectivity index (χ1n) is 33.4. The Morgan fingerprint density at radius 2 is 1.17 bits per heavy atom. The monoisotopic (exact) mass is 1330 g/mol. The number of hydrogen-bond donors (Lipinski definition) is 16. The lowest BCUT2D eigenvalue weighted by atomic mass is 9.88. The number of carbonyl (C=O) groups is 10. The number of nitrogens with two attached hydrogens (primary N) is 2. The molecule has 2 rings (SSSR count). The van der Waals surface area contributed by atoms with Crippen molar-refractivity contribution in [3.05, 3.63) is 11.8 Å². The fourth-order valence-electron chi connectivity index (χ4n) is 11.2. The largest absolute Gasteiger partial charge is 0.393 e. The van der Waals surface area contributed by atoms with Gasteiger partial charge in [0.15, 0.2) is 0 Å². The second-order valence-electron chi connectivity index (χ2n) is 26.6. The third kappa shape index (κ3) is 33.1. The van der Waals surface area contributed by atoms with Crippen molar-refractivity contribution in [1.82, 2.24) is 42.5 Å². The van der Waals surface area contributed by atoms with E-state index in [0.29, 0.717) is 32.1 Å². The average Bonchev–Trinajstić information content (AvgIpc) is 1.55. The van der Waals surface area contributed by atoms with Crippen LogP contribution in [0.1, 0.15) is 202 Å². The van der Waals surface area contributed by atoms with Crippen molar-refractivity contribution in [2.75, 3.05) is 45.7 Å². The summed E-state index contributed by atoms with van der Waals surface area (Å²) < 4.78 is 0.855. The number of nitrogens with zero attached hydrogens (tertiary/aromatic N) is 1. The Morgan fingerprint density at radius 1 is 0.652 bits per heavy atom. The molecule has 92 heavy (non-hydrogen) atoms. The van der Waals surface area contributed by atoms with E-state index < -0.39 is 169 Å². The molecule has 528 valence electrons. The molecule has 0 aromatic heterocycles. The smallest absolute Gasteiger partial charge is 0.268 e. The van der Waals surface area contributed by atoms with Gasteiger partial charge in [0.25, 0.3) is 5.91 Å². The molecule has 2 saturated heterocycles. The van der Waals surface area contributed by atoms with E-state index in [0.717, 1.165) is 106 Å². The maximum Gasteiger partial charge on any atom is 0.268 e. The molecule has 14 atom stereocenters. The average molecular weight is 1330 g/mol. The summed E-state index contributed by atoms with van der Waals surface area (Å²) in [4.78, 5) is 137. The number of thioether (sulfide) groups is 1. The van der Waals surface area contributed by atoms with E-state index in [1.807, 2.05) is 0 Å². The number of quaternary nitrogens is 1. The van der Waals surface area contributed by atoms with E-state index in [9.17, 15) is 73.8 Å². The number of primary amides is 2. The van der Waals surface area contributed by atoms with Crippen molar-refractivity contribution in [3.8, 4) is 0 Å². The molecule has 0 aromatic carbocycles. The minimum atomic E-state index is -2.22. The molecule has 0 bridgehead atoms. The number of nitrogens with one attached hydrogen (secondary N) is 8. The number of unbranched alkanes of at least 4 members (excludes halogenated alkanes) is 12. The Bertz CT molecular complexity index is 2370. The minimum Gasteiger partial charge on any atom is -0.393 e. The van der Waals surface area contributed by atoms with Crippen LogP contribution >= 0.6 is 11.8 Å². The fourth-order valence-corrected chi connectivity index (χ4v) is 12.2. The van der Waals surface area contributed by atoms with E-state index >= 15 is 4.79 Å². The van der Waals surface area contributed by atoms with Gasteiger partial charge in [0.05, 0.1) is 76.7 Å². The highest BCUT2D eigenvalue weighted by atomic mass is 32.2. The molecule has 0 radical (unpaired) electrons. The van der Waals surface area contributed by atoms with Gasteiger partial charge in [-0.3, -0.25) is 47.9 Å². The molecule has 0 aromatic rings. The quantitative estimate of drug-likeness (QED) is 0.0225. The minimum absolute atomic E-state index is 0.0544. The Balaban J connectivity index is 1.96. The van der Waals surface area contributed by atoms with Crippen LogP contribution < -0.4 is 54.0 Å². The van der Waals surface area contributed by atoms with Crippen LogP contribution in [0.2, 0.25) is 0 Å². The van der Waals surface area contributed by atoms with Crippen LogP contribution in [-0.4, -0.2) is 212 Å². The predicted molar refractivity (Wildman–Crippen MR) is 350 cm³/mol. The Hall–Kier alpha value is -5.49. The molecule has 18 N–H and O–H groups in total. The summed E-state index contributed by atoms with van der Waals surface area (Å²) in [5, 5.41) is 83.7. The molecular formula is C64H116N11O16S+. The van der Waals surface area contributed by atoms with Crippen molar-refractivity contribution >= 4 is 70.8 Å². The highest BCUT2D eigenvalue weighted by Crippen LogP contribution is 2.26. The van der Waals surface area contributed by atoms with Crippen LogP contribution in [0.3, 0.4) is 0 Å². The van der Waals surface area contributed by atoms with Gasteiger partial charge < -0.3 is 89.1 Å². The van der Waals surface area contributed by atoms with Crippen molar-refractivity contribution < 1.29 is 83.1 Å². The van der Waals surface area contributed by atoms with Crippen LogP contribution in [-0.2, 0) is 47.9 Å². The summed E-state index contributed by atoms with van der Waals surface area (Å²) in [6, 6.07) is -7.51.